The summed E-state index contributed by atoms with van der Waals surface area (Å²) in [5.41, 5.74) is -0.702. The predicted octanol–water partition coefficient (Wildman–Crippen LogP) is -0.434. The van der Waals surface area contributed by atoms with Crippen LogP contribution in [0.25, 0.3) is 0 Å². The van der Waals surface area contributed by atoms with Gasteiger partial charge in [-0.3, -0.25) is 20.2 Å². The van der Waals surface area contributed by atoms with Gasteiger partial charge < -0.3 is 0 Å². The molecule has 0 aliphatic carbocycles. The molecule has 1 aliphatic rings. The molecule has 0 radical (unpaired) electrons. The highest BCUT2D eigenvalue weighted by Gasteiger charge is 2.37. The Morgan fingerprint density at radius 2 is 2.08 bits per heavy atom. The number of imide groups is 1. The first-order valence-corrected chi connectivity index (χ1v) is 3.73. The van der Waals surface area contributed by atoms with Crippen LogP contribution in [-0.2, 0) is 9.59 Å². The van der Waals surface area contributed by atoms with Crippen LogP contribution in [0.3, 0.4) is 0 Å². The van der Waals surface area contributed by atoms with Gasteiger partial charge >= 0.3 is 0 Å². The standard InChI is InChI=1S/C8H12N2O2/c1-4-5-6(11)9-7(12)8(2,3)10-5/h4-5,10H,1H2,2-3H3,(H,9,11,12). The fourth-order valence-electron chi connectivity index (χ4n) is 1.03. The second kappa shape index (κ2) is 2.71. The molecule has 1 fully saturated rings. The zero-order valence-corrected chi connectivity index (χ0v) is 7.18. The van der Waals surface area contributed by atoms with Gasteiger partial charge in [0.1, 0.15) is 6.04 Å². The van der Waals surface area contributed by atoms with Crippen molar-refractivity contribution >= 4 is 11.8 Å². The molecule has 1 saturated heterocycles. The average molecular weight is 168 g/mol. The van der Waals surface area contributed by atoms with Crippen LogP contribution in [0.2, 0.25) is 0 Å². The fraction of sp³-hybridized carbons (Fsp3) is 0.500. The largest absolute Gasteiger partial charge is 0.293 e. The lowest BCUT2D eigenvalue weighted by atomic mass is 9.99. The van der Waals surface area contributed by atoms with Crippen molar-refractivity contribution in [1.29, 1.82) is 0 Å². The average Bonchev–Trinajstić information content (AvgIpc) is 1.97. The Kier molecular flexibility index (Phi) is 2.02. The molecule has 0 aromatic carbocycles. The van der Waals surface area contributed by atoms with Gasteiger partial charge in [0.25, 0.3) is 0 Å². The van der Waals surface area contributed by atoms with Gasteiger partial charge in [-0.05, 0) is 13.8 Å². The Morgan fingerprint density at radius 1 is 1.50 bits per heavy atom. The second-order valence-electron chi connectivity index (χ2n) is 3.30. The van der Waals surface area contributed by atoms with E-state index < -0.39 is 11.6 Å². The number of hydrogen-bond acceptors (Lipinski definition) is 3. The van der Waals surface area contributed by atoms with E-state index in [0.717, 1.165) is 0 Å². The number of rotatable bonds is 1. The first kappa shape index (κ1) is 8.93. The first-order valence-electron chi connectivity index (χ1n) is 3.73. The summed E-state index contributed by atoms with van der Waals surface area (Å²) < 4.78 is 0. The van der Waals surface area contributed by atoms with Gasteiger partial charge in [0.15, 0.2) is 0 Å². The van der Waals surface area contributed by atoms with E-state index in [-0.39, 0.29) is 11.8 Å². The van der Waals surface area contributed by atoms with Gasteiger partial charge in [0, 0.05) is 0 Å². The monoisotopic (exact) mass is 168 g/mol. The zero-order valence-electron chi connectivity index (χ0n) is 7.18. The summed E-state index contributed by atoms with van der Waals surface area (Å²) in [6, 6.07) is -0.474. The lowest BCUT2D eigenvalue weighted by molar-refractivity contribution is -0.138. The smallest absolute Gasteiger partial charge is 0.247 e. The minimum Gasteiger partial charge on any atom is -0.293 e. The van der Waals surface area contributed by atoms with Crippen LogP contribution < -0.4 is 10.6 Å². The first-order chi connectivity index (χ1) is 5.47. The topological polar surface area (TPSA) is 58.2 Å². The zero-order chi connectivity index (χ0) is 9.35. The number of hydrogen-bond donors (Lipinski definition) is 2. The van der Waals surface area contributed by atoms with E-state index in [1.54, 1.807) is 13.8 Å². The lowest BCUT2D eigenvalue weighted by Crippen LogP contribution is -2.66. The number of carbonyl (C=O) groups excluding carboxylic acids is 2. The third-order valence-corrected chi connectivity index (χ3v) is 1.84. The van der Waals surface area contributed by atoms with Crippen LogP contribution >= 0.6 is 0 Å². The summed E-state index contributed by atoms with van der Waals surface area (Å²) in [6.07, 6.45) is 1.48. The number of carbonyl (C=O) groups is 2. The van der Waals surface area contributed by atoms with E-state index in [0.29, 0.717) is 0 Å². The molecule has 1 unspecified atom stereocenters. The summed E-state index contributed by atoms with van der Waals surface area (Å²) >= 11 is 0. The molecule has 1 rings (SSSR count). The molecule has 0 bridgehead atoms. The number of nitrogens with one attached hydrogen (secondary N) is 2. The van der Waals surface area contributed by atoms with Crippen molar-refractivity contribution in [3.8, 4) is 0 Å². The number of piperazine rings is 1. The van der Waals surface area contributed by atoms with Crippen LogP contribution in [0, 0.1) is 0 Å². The molecule has 0 aromatic heterocycles. The van der Waals surface area contributed by atoms with Crippen molar-refractivity contribution in [2.45, 2.75) is 25.4 Å². The van der Waals surface area contributed by atoms with Crippen LogP contribution in [0.4, 0.5) is 0 Å². The lowest BCUT2D eigenvalue weighted by Gasteiger charge is -2.33. The Bertz CT molecular complexity index is 245. The molecule has 12 heavy (non-hydrogen) atoms. The Morgan fingerprint density at radius 3 is 2.58 bits per heavy atom. The van der Waals surface area contributed by atoms with Crippen LogP contribution in [0.1, 0.15) is 13.8 Å². The molecule has 2 amide bonds. The van der Waals surface area contributed by atoms with Crippen molar-refractivity contribution in [2.24, 2.45) is 0 Å². The van der Waals surface area contributed by atoms with Gasteiger partial charge in [-0.25, -0.2) is 0 Å². The van der Waals surface area contributed by atoms with E-state index >= 15 is 0 Å². The maximum absolute atomic E-state index is 11.2. The van der Waals surface area contributed by atoms with Crippen molar-refractivity contribution in [3.05, 3.63) is 12.7 Å². The maximum Gasteiger partial charge on any atom is 0.247 e. The SMILES string of the molecule is C=CC1NC(C)(C)C(=O)NC1=O. The van der Waals surface area contributed by atoms with Crippen molar-refractivity contribution in [2.75, 3.05) is 0 Å². The molecule has 1 atom stereocenters. The predicted molar refractivity (Wildman–Crippen MR) is 44.3 cm³/mol. The molecular formula is C8H12N2O2. The Hall–Kier alpha value is -1.16. The Labute approximate surface area is 71.0 Å². The van der Waals surface area contributed by atoms with Gasteiger partial charge in [-0.1, -0.05) is 6.08 Å². The summed E-state index contributed by atoms with van der Waals surface area (Å²) in [4.78, 5) is 22.2. The third-order valence-electron chi connectivity index (χ3n) is 1.84. The molecule has 0 saturated carbocycles. The number of amides is 2. The van der Waals surface area contributed by atoms with E-state index in [9.17, 15) is 9.59 Å². The summed E-state index contributed by atoms with van der Waals surface area (Å²) in [6.45, 7) is 6.92. The summed E-state index contributed by atoms with van der Waals surface area (Å²) in [5.74, 6) is -0.639. The Balaban J connectivity index is 2.84. The van der Waals surface area contributed by atoms with E-state index in [1.165, 1.54) is 6.08 Å². The highest BCUT2D eigenvalue weighted by molar-refractivity contribution is 6.05. The molecular weight excluding hydrogens is 156 g/mol. The van der Waals surface area contributed by atoms with Gasteiger partial charge in [0.05, 0.1) is 5.54 Å². The van der Waals surface area contributed by atoms with Crippen LogP contribution in [0.15, 0.2) is 12.7 Å². The van der Waals surface area contributed by atoms with Gasteiger partial charge in [-0.2, -0.15) is 0 Å². The third kappa shape index (κ3) is 1.38. The highest BCUT2D eigenvalue weighted by atomic mass is 16.2. The van der Waals surface area contributed by atoms with Gasteiger partial charge in [-0.15, -0.1) is 6.58 Å². The normalized spacial score (nSPS) is 28.0. The molecule has 0 aromatic rings. The highest BCUT2D eigenvalue weighted by Crippen LogP contribution is 2.09. The minimum absolute atomic E-state index is 0.300. The maximum atomic E-state index is 11.2. The second-order valence-corrected chi connectivity index (χ2v) is 3.30. The summed E-state index contributed by atoms with van der Waals surface area (Å²) in [5, 5.41) is 5.12. The molecule has 0 spiro atoms. The van der Waals surface area contributed by atoms with Crippen LogP contribution in [-0.4, -0.2) is 23.4 Å². The molecule has 2 N–H and O–H groups in total. The van der Waals surface area contributed by atoms with Crippen molar-refractivity contribution in [3.63, 3.8) is 0 Å². The molecule has 66 valence electrons. The molecule has 1 heterocycles. The molecule has 4 nitrogen and oxygen atoms in total. The molecule has 4 heteroatoms. The van der Waals surface area contributed by atoms with Crippen LogP contribution in [0.5, 0.6) is 0 Å². The molecule has 1 aliphatic heterocycles. The van der Waals surface area contributed by atoms with Crippen molar-refractivity contribution < 1.29 is 9.59 Å². The van der Waals surface area contributed by atoms with E-state index in [2.05, 4.69) is 17.2 Å². The summed E-state index contributed by atoms with van der Waals surface area (Å²) in [7, 11) is 0. The minimum atomic E-state index is -0.702. The quantitative estimate of drug-likeness (QED) is 0.412. The van der Waals surface area contributed by atoms with Crippen molar-refractivity contribution in [1.82, 2.24) is 10.6 Å². The fourth-order valence-corrected chi connectivity index (χ4v) is 1.03. The van der Waals surface area contributed by atoms with Gasteiger partial charge in [0.2, 0.25) is 11.8 Å². The van der Waals surface area contributed by atoms with E-state index in [4.69, 9.17) is 0 Å². The van der Waals surface area contributed by atoms with E-state index in [1.807, 2.05) is 0 Å².